The predicted octanol–water partition coefficient (Wildman–Crippen LogP) is 3.20. The molecule has 9 nitrogen and oxygen atoms in total. The minimum absolute atomic E-state index is 0.0631. The van der Waals surface area contributed by atoms with Gasteiger partial charge in [-0.2, -0.15) is 0 Å². The molecule has 0 aromatic carbocycles. The first-order valence-corrected chi connectivity index (χ1v) is 13.2. The van der Waals surface area contributed by atoms with Gasteiger partial charge in [0.05, 0.1) is 6.54 Å². The summed E-state index contributed by atoms with van der Waals surface area (Å²) in [6.45, 7) is 4.00. The van der Waals surface area contributed by atoms with Crippen molar-refractivity contribution >= 4 is 11.9 Å². The molecular formula is C27H37N5O4. The Morgan fingerprint density at radius 1 is 1.00 bits per heavy atom. The van der Waals surface area contributed by atoms with E-state index >= 15 is 0 Å². The summed E-state index contributed by atoms with van der Waals surface area (Å²) in [6, 6.07) is 6.08. The molecule has 2 aliphatic carbocycles. The largest absolute Gasteiger partial charge is 0.494 e. The summed E-state index contributed by atoms with van der Waals surface area (Å²) in [7, 11) is 0. The van der Waals surface area contributed by atoms with Crippen LogP contribution in [0.25, 0.3) is 0 Å². The fourth-order valence-corrected chi connectivity index (χ4v) is 5.62. The minimum Gasteiger partial charge on any atom is -0.494 e. The Hall–Kier alpha value is -3.20. The molecule has 2 aromatic rings. The first-order chi connectivity index (χ1) is 17.6. The fraction of sp³-hybridized carbons (Fsp3) is 0.556. The zero-order valence-corrected chi connectivity index (χ0v) is 20.8. The number of carbonyl (C=O) groups is 1. The molecule has 0 radical (unpaired) electrons. The maximum atomic E-state index is 12.8. The van der Waals surface area contributed by atoms with Crippen molar-refractivity contribution in [2.45, 2.75) is 63.6 Å². The highest BCUT2D eigenvalue weighted by Crippen LogP contribution is 2.37. The van der Waals surface area contributed by atoms with Gasteiger partial charge in [0.25, 0.3) is 0 Å². The molecule has 9 heteroatoms. The zero-order chi connectivity index (χ0) is 24.9. The summed E-state index contributed by atoms with van der Waals surface area (Å²) >= 11 is 0. The Morgan fingerprint density at radius 2 is 1.69 bits per heavy atom. The van der Waals surface area contributed by atoms with E-state index in [1.165, 1.54) is 11.0 Å². The number of nitrogens with zero attached hydrogens (tertiary/aromatic N) is 4. The number of aromatic nitrogens is 2. The molecule has 2 fully saturated rings. The number of aromatic hydroxyl groups is 2. The average Bonchev–Trinajstić information content (AvgIpc) is 3.15. The van der Waals surface area contributed by atoms with Crippen molar-refractivity contribution in [1.29, 1.82) is 0 Å². The molecule has 2 aromatic heterocycles. The number of amides is 1. The molecular weight excluding hydrogens is 458 g/mol. The van der Waals surface area contributed by atoms with Gasteiger partial charge in [0, 0.05) is 56.1 Å². The lowest BCUT2D eigenvalue weighted by atomic mass is 9.96. The van der Waals surface area contributed by atoms with Crippen LogP contribution in [0.4, 0.5) is 10.6 Å². The molecule has 3 heterocycles. The molecule has 1 saturated carbocycles. The molecule has 1 amide bonds. The third kappa shape index (κ3) is 5.61. The lowest BCUT2D eigenvalue weighted by molar-refractivity contribution is 0.0530. The highest BCUT2D eigenvalue weighted by Gasteiger charge is 2.29. The first-order valence-electron chi connectivity index (χ1n) is 13.2. The van der Waals surface area contributed by atoms with Crippen LogP contribution < -0.4 is 10.2 Å². The number of allylic oxidation sites excluding steroid dienone is 2. The second-order valence-electron chi connectivity index (χ2n) is 10.1. The molecule has 36 heavy (non-hydrogen) atoms. The highest BCUT2D eigenvalue weighted by atomic mass is 16.6. The zero-order valence-electron chi connectivity index (χ0n) is 20.8. The van der Waals surface area contributed by atoms with E-state index < -0.39 is 12.2 Å². The average molecular weight is 496 g/mol. The smallest absolute Gasteiger partial charge is 0.407 e. The molecule has 0 spiro atoms. The number of hydrogen-bond acceptors (Lipinski definition) is 7. The van der Waals surface area contributed by atoms with Crippen molar-refractivity contribution in [2.75, 3.05) is 37.6 Å². The van der Waals surface area contributed by atoms with Crippen LogP contribution in [0.5, 0.6) is 11.8 Å². The van der Waals surface area contributed by atoms with Crippen molar-refractivity contribution in [2.24, 2.45) is 0 Å². The predicted molar refractivity (Wildman–Crippen MR) is 137 cm³/mol. The quantitative estimate of drug-likeness (QED) is 0.507. The summed E-state index contributed by atoms with van der Waals surface area (Å²) in [5.41, 5.74) is 1.51. The molecule has 194 valence electrons. The van der Waals surface area contributed by atoms with Gasteiger partial charge in [0.15, 0.2) is 11.8 Å². The maximum Gasteiger partial charge on any atom is 0.407 e. The van der Waals surface area contributed by atoms with Crippen LogP contribution in [-0.2, 0) is 24.1 Å². The first kappa shape index (κ1) is 24.5. The number of piperazine rings is 1. The second-order valence-corrected chi connectivity index (χ2v) is 10.1. The van der Waals surface area contributed by atoms with Crippen molar-refractivity contribution in [3.05, 3.63) is 47.7 Å². The highest BCUT2D eigenvalue weighted by molar-refractivity contribution is 5.67. The Labute approximate surface area is 212 Å². The molecule has 0 bridgehead atoms. The number of fused-ring (bicyclic) bond motifs is 1. The Morgan fingerprint density at radius 3 is 2.33 bits per heavy atom. The van der Waals surface area contributed by atoms with Crippen LogP contribution >= 0.6 is 0 Å². The number of pyridine rings is 1. The van der Waals surface area contributed by atoms with Gasteiger partial charge in [-0.1, -0.05) is 37.5 Å². The molecule has 3 N–H and O–H groups in total. The van der Waals surface area contributed by atoms with Crippen molar-refractivity contribution in [3.8, 4) is 11.8 Å². The monoisotopic (exact) mass is 495 g/mol. The molecule has 3 aliphatic rings. The van der Waals surface area contributed by atoms with E-state index in [1.54, 1.807) is 0 Å². The van der Waals surface area contributed by atoms with Crippen LogP contribution in [0.2, 0.25) is 0 Å². The normalized spacial score (nSPS) is 19.6. The van der Waals surface area contributed by atoms with Crippen molar-refractivity contribution < 1.29 is 19.7 Å². The third-order valence-electron chi connectivity index (χ3n) is 7.62. The summed E-state index contributed by atoms with van der Waals surface area (Å²) < 4.78 is 7.44. The Kier molecular flexibility index (Phi) is 7.65. The summed E-state index contributed by atoms with van der Waals surface area (Å²) in [6.07, 6.45) is 11.5. The van der Waals surface area contributed by atoms with Crippen LogP contribution in [0.3, 0.4) is 0 Å². The van der Waals surface area contributed by atoms with E-state index in [1.807, 2.05) is 36.5 Å². The Balaban J connectivity index is 1.26. The van der Waals surface area contributed by atoms with Crippen molar-refractivity contribution in [3.63, 3.8) is 0 Å². The number of anilines is 1. The summed E-state index contributed by atoms with van der Waals surface area (Å²) in [5.74, 6) is 1.10. The molecule has 1 unspecified atom stereocenters. The van der Waals surface area contributed by atoms with Gasteiger partial charge in [-0.3, -0.25) is 9.47 Å². The number of carbonyl (C=O) groups excluding carboxylic acids is 1. The van der Waals surface area contributed by atoms with E-state index in [4.69, 9.17) is 4.74 Å². The van der Waals surface area contributed by atoms with Crippen LogP contribution in [0.1, 0.15) is 43.2 Å². The lowest BCUT2D eigenvalue weighted by Gasteiger charge is -2.37. The maximum absolute atomic E-state index is 12.8. The van der Waals surface area contributed by atoms with Gasteiger partial charge in [-0.25, -0.2) is 9.78 Å². The molecule has 5 rings (SSSR count). The standard InChI is InChI=1S/C27H37N5O4/c33-25-22-10-4-5-11-23(22)26(34)32(25)19-21(36-27(35)29-20-8-2-1-3-9-20)18-30-14-16-31(17-15-30)24-12-6-7-13-28-24/h4-7,12-13,20-21,33-34H,1-3,8-11,14-19H2,(H,29,35). The van der Waals surface area contributed by atoms with Crippen LogP contribution in [-0.4, -0.2) is 75.6 Å². The van der Waals surface area contributed by atoms with E-state index in [-0.39, 0.29) is 24.3 Å². The van der Waals surface area contributed by atoms with Gasteiger partial charge in [-0.05, 0) is 37.8 Å². The van der Waals surface area contributed by atoms with E-state index in [0.717, 1.165) is 68.8 Å². The van der Waals surface area contributed by atoms with E-state index in [9.17, 15) is 15.0 Å². The van der Waals surface area contributed by atoms with Crippen LogP contribution in [0.15, 0.2) is 36.5 Å². The minimum atomic E-state index is -0.520. The van der Waals surface area contributed by atoms with Crippen molar-refractivity contribution in [1.82, 2.24) is 19.8 Å². The molecule has 1 atom stereocenters. The van der Waals surface area contributed by atoms with Gasteiger partial charge in [0.2, 0.25) is 0 Å². The van der Waals surface area contributed by atoms with Gasteiger partial charge < -0.3 is 25.2 Å². The van der Waals surface area contributed by atoms with Crippen LogP contribution in [0, 0.1) is 0 Å². The van der Waals surface area contributed by atoms with Gasteiger partial charge >= 0.3 is 6.09 Å². The van der Waals surface area contributed by atoms with Gasteiger partial charge in [-0.15, -0.1) is 0 Å². The van der Waals surface area contributed by atoms with E-state index in [0.29, 0.717) is 19.4 Å². The second kappa shape index (κ2) is 11.2. The SMILES string of the molecule is O=C(NC1CCCCC1)OC(CN1CCN(c2ccccn2)CC1)Cn1c(O)c2c(c1O)CC=CC2. The summed E-state index contributed by atoms with van der Waals surface area (Å²) in [5, 5.41) is 24.7. The fourth-order valence-electron chi connectivity index (χ4n) is 5.62. The number of hydrogen-bond donors (Lipinski definition) is 3. The van der Waals surface area contributed by atoms with E-state index in [2.05, 4.69) is 20.1 Å². The van der Waals surface area contributed by atoms with Gasteiger partial charge in [0.1, 0.15) is 11.9 Å². The number of nitrogens with one attached hydrogen (secondary N) is 1. The Bertz CT molecular complexity index is 1020. The number of ether oxygens (including phenoxy) is 1. The molecule has 1 saturated heterocycles. The lowest BCUT2D eigenvalue weighted by Crippen LogP contribution is -2.50. The number of alkyl carbamates (subject to hydrolysis) is 1. The number of rotatable bonds is 7. The summed E-state index contributed by atoms with van der Waals surface area (Å²) in [4.78, 5) is 21.8. The third-order valence-corrected chi connectivity index (χ3v) is 7.62. The topological polar surface area (TPSA) is 103 Å². The molecule has 1 aliphatic heterocycles.